The monoisotopic (exact) mass is 202 g/mol. The van der Waals surface area contributed by atoms with Gasteiger partial charge in [0.1, 0.15) is 17.6 Å². The molecule has 70 valence electrons. The highest BCUT2D eigenvalue weighted by Gasteiger charge is 2.14. The van der Waals surface area contributed by atoms with Crippen LogP contribution in [-0.4, -0.2) is 21.9 Å². The summed E-state index contributed by atoms with van der Waals surface area (Å²) in [6.07, 6.45) is 1.40. The third kappa shape index (κ3) is 2.19. The molecule has 1 N–H and O–H groups in total. The number of hydrogen-bond acceptors (Lipinski definition) is 2. The Kier molecular flexibility index (Phi) is 2.90. The van der Waals surface area contributed by atoms with E-state index in [1.54, 1.807) is 0 Å². The molecule has 5 heteroatoms. The van der Waals surface area contributed by atoms with E-state index in [4.69, 9.17) is 5.11 Å². The van der Waals surface area contributed by atoms with Crippen molar-refractivity contribution in [3.63, 3.8) is 0 Å². The number of carboxylic acid groups (broad SMARTS) is 1. The van der Waals surface area contributed by atoms with Crippen molar-refractivity contribution in [2.24, 2.45) is 0 Å². The van der Waals surface area contributed by atoms with E-state index < -0.39 is 28.5 Å². The molecule has 0 aliphatic rings. The van der Waals surface area contributed by atoms with E-state index in [9.17, 15) is 13.7 Å². The fraction of sp³-hybridized carbons (Fsp3) is 0.125. The molecule has 0 fully saturated rings. The van der Waals surface area contributed by atoms with Crippen LogP contribution in [0, 0.1) is 5.82 Å². The molecule has 0 heterocycles. The molecule has 0 saturated carbocycles. The first kappa shape index (κ1) is 10.0. The summed E-state index contributed by atoms with van der Waals surface area (Å²) in [6.45, 7) is 0. The van der Waals surface area contributed by atoms with Crippen LogP contribution in [0.3, 0.4) is 0 Å². The number of aromatic carboxylic acids is 1. The van der Waals surface area contributed by atoms with Gasteiger partial charge in [-0.05, 0) is 23.3 Å². The second kappa shape index (κ2) is 3.76. The highest BCUT2D eigenvalue weighted by Crippen LogP contribution is 2.14. The number of carboxylic acids is 1. The smallest absolute Gasteiger partial charge is 0.338 e. The van der Waals surface area contributed by atoms with Crippen molar-refractivity contribution in [1.29, 1.82) is 0 Å². The van der Waals surface area contributed by atoms with Gasteiger partial charge in [-0.2, -0.15) is 0 Å². The fourth-order valence-electron chi connectivity index (χ4n) is 0.847. The number of benzene rings is 1. The summed E-state index contributed by atoms with van der Waals surface area (Å²) < 4.78 is 23.7. The minimum absolute atomic E-state index is 0.304. The minimum atomic E-state index is -1.36. The van der Waals surface area contributed by atoms with Crippen LogP contribution in [0.2, 0.25) is 0 Å². The van der Waals surface area contributed by atoms with Crippen LogP contribution in [0.15, 0.2) is 23.1 Å². The number of halogens is 1. The zero-order valence-electron chi connectivity index (χ0n) is 6.78. The maximum Gasteiger partial charge on any atom is 0.338 e. The summed E-state index contributed by atoms with van der Waals surface area (Å²) in [6, 6.07) is 3.38. The maximum absolute atomic E-state index is 12.8. The molecule has 1 atom stereocenters. The van der Waals surface area contributed by atoms with Crippen LogP contribution in [0.4, 0.5) is 4.39 Å². The van der Waals surface area contributed by atoms with E-state index in [0.717, 1.165) is 12.1 Å². The molecule has 0 aliphatic heterocycles. The molecule has 0 spiro atoms. The molecular weight excluding hydrogens is 195 g/mol. The Morgan fingerprint density at radius 2 is 2.23 bits per heavy atom. The first-order chi connectivity index (χ1) is 6.02. The normalized spacial score (nSPS) is 12.5. The van der Waals surface area contributed by atoms with E-state index >= 15 is 0 Å². The number of hydrogen-bond donors (Lipinski definition) is 1. The van der Waals surface area contributed by atoms with Crippen molar-refractivity contribution in [3.8, 4) is 0 Å². The van der Waals surface area contributed by atoms with Gasteiger partial charge in [-0.3, -0.25) is 0 Å². The Bertz CT molecular complexity index is 338. The van der Waals surface area contributed by atoms with Crippen molar-refractivity contribution in [1.82, 2.24) is 0 Å². The molecule has 1 aromatic carbocycles. The van der Waals surface area contributed by atoms with Gasteiger partial charge in [-0.1, -0.05) is 0 Å². The summed E-state index contributed by atoms with van der Waals surface area (Å²) >= 11 is -1.29. The Hall–Kier alpha value is -1.07. The average molecular weight is 202 g/mol. The summed E-state index contributed by atoms with van der Waals surface area (Å²) in [5.41, 5.74) is -0.451. The van der Waals surface area contributed by atoms with Gasteiger partial charge in [-0.25, -0.2) is 9.18 Å². The minimum Gasteiger partial charge on any atom is -0.612 e. The third-order valence-corrected chi connectivity index (χ3v) is 2.42. The predicted molar refractivity (Wildman–Crippen MR) is 45.7 cm³/mol. The first-order valence-corrected chi connectivity index (χ1v) is 4.94. The Labute approximate surface area is 77.4 Å². The van der Waals surface area contributed by atoms with Crippen LogP contribution >= 0.6 is 0 Å². The summed E-state index contributed by atoms with van der Waals surface area (Å²) in [5.74, 6) is -2.17. The molecule has 1 aromatic rings. The molecular formula is C8H7FO3S. The van der Waals surface area contributed by atoms with Gasteiger partial charge < -0.3 is 9.66 Å². The van der Waals surface area contributed by atoms with Gasteiger partial charge in [0.05, 0.1) is 0 Å². The quantitative estimate of drug-likeness (QED) is 0.734. The van der Waals surface area contributed by atoms with Gasteiger partial charge in [0, 0.05) is 6.07 Å². The SMILES string of the molecule is C[S+]([O-])c1ccc(F)c(C(=O)O)c1. The van der Waals surface area contributed by atoms with Crippen LogP contribution in [-0.2, 0) is 11.2 Å². The zero-order chi connectivity index (χ0) is 10.0. The third-order valence-electron chi connectivity index (χ3n) is 1.50. The van der Waals surface area contributed by atoms with E-state index in [2.05, 4.69) is 0 Å². The maximum atomic E-state index is 12.8. The van der Waals surface area contributed by atoms with Crippen molar-refractivity contribution in [2.45, 2.75) is 4.90 Å². The standard InChI is InChI=1S/C8H7FO3S/c1-13(12)5-2-3-7(9)6(4-5)8(10)11/h2-4H,1H3,(H,10,11). The van der Waals surface area contributed by atoms with Gasteiger partial charge in [0.15, 0.2) is 4.90 Å². The van der Waals surface area contributed by atoms with E-state index in [0.29, 0.717) is 4.90 Å². The van der Waals surface area contributed by atoms with Gasteiger partial charge in [0.2, 0.25) is 0 Å². The lowest BCUT2D eigenvalue weighted by atomic mass is 10.2. The molecule has 0 aliphatic carbocycles. The molecule has 1 rings (SSSR count). The fourth-order valence-corrected chi connectivity index (χ4v) is 1.39. The van der Waals surface area contributed by atoms with Crippen molar-refractivity contribution < 1.29 is 18.8 Å². The highest BCUT2D eigenvalue weighted by atomic mass is 32.2. The van der Waals surface area contributed by atoms with Crippen molar-refractivity contribution in [2.75, 3.05) is 6.26 Å². The Balaban J connectivity index is 3.19. The van der Waals surface area contributed by atoms with Crippen LogP contribution < -0.4 is 0 Å². The van der Waals surface area contributed by atoms with Gasteiger partial charge >= 0.3 is 5.97 Å². The second-order valence-electron chi connectivity index (χ2n) is 2.40. The van der Waals surface area contributed by atoms with Gasteiger partial charge in [0.25, 0.3) is 0 Å². The lowest BCUT2D eigenvalue weighted by Crippen LogP contribution is -2.04. The molecule has 0 aromatic heterocycles. The molecule has 0 bridgehead atoms. The van der Waals surface area contributed by atoms with Gasteiger partial charge in [-0.15, -0.1) is 0 Å². The molecule has 3 nitrogen and oxygen atoms in total. The molecule has 13 heavy (non-hydrogen) atoms. The number of rotatable bonds is 2. The van der Waals surface area contributed by atoms with Crippen molar-refractivity contribution >= 4 is 17.1 Å². The number of carbonyl (C=O) groups is 1. The second-order valence-corrected chi connectivity index (χ2v) is 3.78. The van der Waals surface area contributed by atoms with Crippen LogP contribution in [0.5, 0.6) is 0 Å². The summed E-state index contributed by atoms with van der Waals surface area (Å²) in [4.78, 5) is 10.8. The molecule has 0 amide bonds. The topological polar surface area (TPSA) is 60.4 Å². The van der Waals surface area contributed by atoms with Crippen LogP contribution in [0.25, 0.3) is 0 Å². The largest absolute Gasteiger partial charge is 0.612 e. The molecule has 0 saturated heterocycles. The van der Waals surface area contributed by atoms with Crippen molar-refractivity contribution in [3.05, 3.63) is 29.6 Å². The van der Waals surface area contributed by atoms with E-state index in [1.807, 2.05) is 0 Å². The summed E-state index contributed by atoms with van der Waals surface area (Å²) in [5, 5.41) is 8.53. The molecule has 0 radical (unpaired) electrons. The van der Waals surface area contributed by atoms with E-state index in [-0.39, 0.29) is 0 Å². The van der Waals surface area contributed by atoms with E-state index in [1.165, 1.54) is 12.3 Å². The Morgan fingerprint density at radius 3 is 2.69 bits per heavy atom. The molecule has 1 unspecified atom stereocenters. The van der Waals surface area contributed by atoms with Crippen LogP contribution in [0.1, 0.15) is 10.4 Å². The average Bonchev–Trinajstić information content (AvgIpc) is 2.04. The highest BCUT2D eigenvalue weighted by molar-refractivity contribution is 7.90. The zero-order valence-corrected chi connectivity index (χ0v) is 7.60. The first-order valence-electron chi connectivity index (χ1n) is 3.38. The Morgan fingerprint density at radius 1 is 1.62 bits per heavy atom. The lowest BCUT2D eigenvalue weighted by Gasteiger charge is -2.04. The lowest BCUT2D eigenvalue weighted by molar-refractivity contribution is 0.0691. The summed E-state index contributed by atoms with van der Waals surface area (Å²) in [7, 11) is 0. The predicted octanol–water partition coefficient (Wildman–Crippen LogP) is 1.26.